The highest BCUT2D eigenvalue weighted by atomic mass is 15.2. The summed E-state index contributed by atoms with van der Waals surface area (Å²) in [6.45, 7) is 5.36. The van der Waals surface area contributed by atoms with Gasteiger partial charge in [0.1, 0.15) is 0 Å². The summed E-state index contributed by atoms with van der Waals surface area (Å²) in [6.07, 6.45) is 4.43. The van der Waals surface area contributed by atoms with Crippen molar-refractivity contribution in [3.8, 4) is 0 Å². The minimum absolute atomic E-state index is 0.520. The summed E-state index contributed by atoms with van der Waals surface area (Å²) in [5, 5.41) is 3.62. The summed E-state index contributed by atoms with van der Waals surface area (Å²) in [7, 11) is 0. The Morgan fingerprint density at radius 1 is 1.19 bits per heavy atom. The van der Waals surface area contributed by atoms with Crippen molar-refractivity contribution >= 4 is 5.69 Å². The fraction of sp³-hybridized carbons (Fsp3) is 0.389. The van der Waals surface area contributed by atoms with Crippen LogP contribution in [0.5, 0.6) is 0 Å². The Labute approximate surface area is 127 Å². The van der Waals surface area contributed by atoms with Crippen molar-refractivity contribution in [2.45, 2.75) is 32.4 Å². The van der Waals surface area contributed by atoms with Gasteiger partial charge in [0.15, 0.2) is 0 Å². The van der Waals surface area contributed by atoms with E-state index in [1.165, 1.54) is 24.9 Å². The Balaban J connectivity index is 1.57. The largest absolute Gasteiger partial charge is 0.380 e. The van der Waals surface area contributed by atoms with Crippen LogP contribution in [-0.4, -0.2) is 29.0 Å². The van der Waals surface area contributed by atoms with Crippen LogP contribution >= 0.6 is 0 Å². The third kappa shape index (κ3) is 4.05. The summed E-state index contributed by atoms with van der Waals surface area (Å²) in [5.41, 5.74) is 3.59. The summed E-state index contributed by atoms with van der Waals surface area (Å²) in [4.78, 5) is 6.90. The predicted octanol–water partition coefficient (Wildman–Crippen LogP) is 3.47. The number of nitrogens with zero attached hydrogens (tertiary/aromatic N) is 2. The molecule has 1 fully saturated rings. The number of hydrogen-bond donors (Lipinski definition) is 1. The van der Waals surface area contributed by atoms with E-state index in [-0.39, 0.29) is 0 Å². The van der Waals surface area contributed by atoms with E-state index in [2.05, 4.69) is 57.7 Å². The molecule has 0 spiro atoms. The molecule has 1 unspecified atom stereocenters. The van der Waals surface area contributed by atoms with Crippen LogP contribution in [-0.2, 0) is 6.54 Å². The lowest BCUT2D eigenvalue weighted by Crippen LogP contribution is -2.41. The number of nitrogens with one attached hydrogen (secondary N) is 1. The molecule has 1 N–H and O–H groups in total. The molecule has 0 saturated carbocycles. The number of anilines is 1. The van der Waals surface area contributed by atoms with Gasteiger partial charge in [-0.3, -0.25) is 9.88 Å². The maximum Gasteiger partial charge on any atom is 0.0529 e. The molecule has 1 aromatic heterocycles. The molecule has 3 rings (SSSR count). The van der Waals surface area contributed by atoms with Gasteiger partial charge in [-0.2, -0.15) is 0 Å². The van der Waals surface area contributed by atoms with Crippen molar-refractivity contribution in [3.63, 3.8) is 0 Å². The molecule has 110 valence electrons. The second kappa shape index (κ2) is 6.72. The zero-order chi connectivity index (χ0) is 14.5. The molecule has 21 heavy (non-hydrogen) atoms. The lowest BCUT2D eigenvalue weighted by Gasteiger charge is -2.33. The van der Waals surface area contributed by atoms with Gasteiger partial charge in [0.25, 0.3) is 0 Å². The number of benzene rings is 1. The lowest BCUT2D eigenvalue weighted by molar-refractivity contribution is 0.208. The van der Waals surface area contributed by atoms with E-state index in [0.717, 1.165) is 24.5 Å². The first-order valence-electron chi connectivity index (χ1n) is 7.75. The van der Waals surface area contributed by atoms with Crippen LogP contribution in [0.25, 0.3) is 0 Å². The monoisotopic (exact) mass is 281 g/mol. The predicted molar refractivity (Wildman–Crippen MR) is 87.3 cm³/mol. The fourth-order valence-corrected chi connectivity index (χ4v) is 2.95. The molecule has 2 aromatic rings. The Morgan fingerprint density at radius 2 is 2.05 bits per heavy atom. The first-order chi connectivity index (χ1) is 10.3. The average Bonchev–Trinajstić information content (AvgIpc) is 2.51. The average molecular weight is 281 g/mol. The van der Waals surface area contributed by atoms with Crippen molar-refractivity contribution in [3.05, 3.63) is 59.9 Å². The van der Waals surface area contributed by atoms with Gasteiger partial charge >= 0.3 is 0 Å². The van der Waals surface area contributed by atoms with E-state index >= 15 is 0 Å². The second-order valence-electron chi connectivity index (χ2n) is 5.89. The van der Waals surface area contributed by atoms with E-state index in [9.17, 15) is 0 Å². The number of rotatable bonds is 4. The summed E-state index contributed by atoms with van der Waals surface area (Å²) in [6, 6.07) is 15.4. The van der Waals surface area contributed by atoms with Crippen LogP contribution in [0.15, 0.2) is 48.7 Å². The summed E-state index contributed by atoms with van der Waals surface area (Å²) >= 11 is 0. The van der Waals surface area contributed by atoms with Gasteiger partial charge in [-0.1, -0.05) is 30.3 Å². The van der Waals surface area contributed by atoms with Crippen molar-refractivity contribution in [1.29, 1.82) is 0 Å². The van der Waals surface area contributed by atoms with E-state index in [4.69, 9.17) is 0 Å². The topological polar surface area (TPSA) is 28.2 Å². The number of hydrogen-bond acceptors (Lipinski definition) is 3. The number of aromatic nitrogens is 1. The van der Waals surface area contributed by atoms with Crippen LogP contribution in [0.2, 0.25) is 0 Å². The Bertz CT molecular complexity index is 550. The van der Waals surface area contributed by atoms with E-state index in [1.807, 2.05) is 13.1 Å². The lowest BCUT2D eigenvalue weighted by atomic mass is 10.0. The zero-order valence-corrected chi connectivity index (χ0v) is 12.6. The quantitative estimate of drug-likeness (QED) is 0.930. The fourth-order valence-electron chi connectivity index (χ4n) is 2.95. The molecule has 0 radical (unpaired) electrons. The van der Waals surface area contributed by atoms with Gasteiger partial charge in [0, 0.05) is 24.8 Å². The van der Waals surface area contributed by atoms with E-state index in [1.54, 1.807) is 0 Å². The SMILES string of the molecule is Cc1ccc(NC2CCCN(Cc3ccccc3)C2)cn1. The minimum atomic E-state index is 0.520. The van der Waals surface area contributed by atoms with Crippen molar-refractivity contribution in [1.82, 2.24) is 9.88 Å². The molecular formula is C18H23N3. The number of aryl methyl sites for hydroxylation is 1. The van der Waals surface area contributed by atoms with Crippen molar-refractivity contribution < 1.29 is 0 Å². The van der Waals surface area contributed by atoms with Gasteiger partial charge in [0.05, 0.1) is 11.9 Å². The Hall–Kier alpha value is -1.87. The van der Waals surface area contributed by atoms with Gasteiger partial charge in [-0.15, -0.1) is 0 Å². The smallest absolute Gasteiger partial charge is 0.0529 e. The molecule has 3 heteroatoms. The molecular weight excluding hydrogens is 258 g/mol. The second-order valence-corrected chi connectivity index (χ2v) is 5.89. The molecule has 0 amide bonds. The number of pyridine rings is 1. The van der Waals surface area contributed by atoms with Crippen LogP contribution in [0.4, 0.5) is 5.69 Å². The zero-order valence-electron chi connectivity index (χ0n) is 12.6. The highest BCUT2D eigenvalue weighted by molar-refractivity contribution is 5.42. The molecule has 1 aliphatic rings. The Morgan fingerprint density at radius 3 is 2.81 bits per heavy atom. The summed E-state index contributed by atoms with van der Waals surface area (Å²) < 4.78 is 0. The number of likely N-dealkylation sites (tertiary alicyclic amines) is 1. The molecule has 0 bridgehead atoms. The molecule has 1 aromatic carbocycles. The highest BCUT2D eigenvalue weighted by Crippen LogP contribution is 2.17. The van der Waals surface area contributed by atoms with Crippen molar-refractivity contribution in [2.24, 2.45) is 0 Å². The molecule has 1 saturated heterocycles. The third-order valence-corrected chi connectivity index (χ3v) is 4.04. The standard InChI is InChI=1S/C18H23N3/c1-15-9-10-17(12-19-15)20-18-8-5-11-21(14-18)13-16-6-3-2-4-7-16/h2-4,6-7,9-10,12,18,20H,5,8,11,13-14H2,1H3. The van der Waals surface area contributed by atoms with Crippen LogP contribution in [0.1, 0.15) is 24.1 Å². The Kier molecular flexibility index (Phi) is 4.51. The van der Waals surface area contributed by atoms with Gasteiger partial charge in [-0.05, 0) is 44.0 Å². The first kappa shape index (κ1) is 14.1. The maximum absolute atomic E-state index is 4.36. The third-order valence-electron chi connectivity index (χ3n) is 4.04. The molecule has 1 aliphatic heterocycles. The van der Waals surface area contributed by atoms with Gasteiger partial charge < -0.3 is 5.32 Å². The maximum atomic E-state index is 4.36. The molecule has 3 nitrogen and oxygen atoms in total. The normalized spacial score (nSPS) is 19.4. The summed E-state index contributed by atoms with van der Waals surface area (Å²) in [5.74, 6) is 0. The number of piperidine rings is 1. The molecule has 0 aliphatic carbocycles. The van der Waals surface area contributed by atoms with Crippen molar-refractivity contribution in [2.75, 3.05) is 18.4 Å². The van der Waals surface area contributed by atoms with E-state index < -0.39 is 0 Å². The minimum Gasteiger partial charge on any atom is -0.380 e. The van der Waals surface area contributed by atoms with Crippen LogP contribution in [0, 0.1) is 6.92 Å². The van der Waals surface area contributed by atoms with Gasteiger partial charge in [0.2, 0.25) is 0 Å². The first-order valence-corrected chi connectivity index (χ1v) is 7.75. The van der Waals surface area contributed by atoms with Gasteiger partial charge in [-0.25, -0.2) is 0 Å². The molecule has 2 heterocycles. The van der Waals surface area contributed by atoms with Crippen LogP contribution in [0.3, 0.4) is 0 Å². The highest BCUT2D eigenvalue weighted by Gasteiger charge is 2.19. The van der Waals surface area contributed by atoms with Crippen LogP contribution < -0.4 is 5.32 Å². The molecule has 1 atom stereocenters. The van der Waals surface area contributed by atoms with E-state index in [0.29, 0.717) is 6.04 Å².